The Hall–Kier alpha value is -1.30. The molecule has 6 heteroatoms. The zero-order valence-electron chi connectivity index (χ0n) is 12.8. The number of hydrogen-bond donors (Lipinski definition) is 1. The number of ether oxygens (including phenoxy) is 2. The van der Waals surface area contributed by atoms with Crippen LogP contribution in [0.5, 0.6) is 0 Å². The van der Waals surface area contributed by atoms with E-state index in [-0.39, 0.29) is 12.0 Å². The minimum Gasteiger partial charge on any atom is -0.468 e. The van der Waals surface area contributed by atoms with Gasteiger partial charge in [-0.1, -0.05) is 0 Å². The van der Waals surface area contributed by atoms with Crippen molar-refractivity contribution in [2.24, 2.45) is 11.7 Å². The van der Waals surface area contributed by atoms with Crippen molar-refractivity contribution in [3.63, 3.8) is 0 Å². The molecule has 1 rings (SSSR count). The number of methoxy groups -OCH3 is 1. The average molecular weight is 286 g/mol. The molecule has 1 heterocycles. The van der Waals surface area contributed by atoms with Gasteiger partial charge in [-0.05, 0) is 46.0 Å². The maximum Gasteiger partial charge on any atom is 0.410 e. The van der Waals surface area contributed by atoms with Gasteiger partial charge in [0.25, 0.3) is 0 Å². The summed E-state index contributed by atoms with van der Waals surface area (Å²) in [5, 5.41) is 0. The van der Waals surface area contributed by atoms with Crippen molar-refractivity contribution < 1.29 is 19.1 Å². The molecule has 0 spiro atoms. The fraction of sp³-hybridized carbons (Fsp3) is 0.857. The van der Waals surface area contributed by atoms with E-state index in [0.717, 1.165) is 12.8 Å². The van der Waals surface area contributed by atoms with E-state index in [1.807, 2.05) is 20.8 Å². The summed E-state index contributed by atoms with van der Waals surface area (Å²) in [6.07, 6.45) is 2.10. The van der Waals surface area contributed by atoms with E-state index in [4.69, 9.17) is 10.5 Å². The molecule has 0 aromatic rings. The minimum absolute atomic E-state index is 0.213. The van der Waals surface area contributed by atoms with Crippen LogP contribution in [0.4, 0.5) is 4.79 Å². The van der Waals surface area contributed by atoms with Crippen LogP contribution < -0.4 is 5.73 Å². The number of likely N-dealkylation sites (tertiary alicyclic amines) is 1. The number of rotatable bonds is 3. The summed E-state index contributed by atoms with van der Waals surface area (Å²) < 4.78 is 9.99. The second kappa shape index (κ2) is 6.92. The highest BCUT2D eigenvalue weighted by atomic mass is 16.6. The second-order valence-corrected chi connectivity index (χ2v) is 6.30. The largest absolute Gasteiger partial charge is 0.468 e. The van der Waals surface area contributed by atoms with Crippen molar-refractivity contribution in [3.8, 4) is 0 Å². The predicted molar refractivity (Wildman–Crippen MR) is 75.1 cm³/mol. The Balaban J connectivity index is 2.50. The van der Waals surface area contributed by atoms with Gasteiger partial charge >= 0.3 is 12.1 Å². The maximum absolute atomic E-state index is 12.0. The third-order valence-electron chi connectivity index (χ3n) is 3.26. The number of carbonyl (C=O) groups excluding carboxylic acids is 2. The molecule has 0 bridgehead atoms. The number of hydrogen-bond acceptors (Lipinski definition) is 5. The number of amides is 1. The number of nitrogens with zero attached hydrogens (tertiary/aromatic N) is 1. The van der Waals surface area contributed by atoms with Gasteiger partial charge in [0.1, 0.15) is 11.6 Å². The van der Waals surface area contributed by atoms with E-state index in [9.17, 15) is 9.59 Å². The Morgan fingerprint density at radius 2 is 2.05 bits per heavy atom. The van der Waals surface area contributed by atoms with Crippen molar-refractivity contribution in [2.45, 2.75) is 51.7 Å². The van der Waals surface area contributed by atoms with Crippen LogP contribution in [0.25, 0.3) is 0 Å². The number of nitrogens with two attached hydrogens (primary N) is 1. The van der Waals surface area contributed by atoms with Crippen molar-refractivity contribution in [1.29, 1.82) is 0 Å². The predicted octanol–water partition coefficient (Wildman–Crippen LogP) is 1.52. The SMILES string of the molecule is COC(=O)[C@@H](N)CC1CCCN(C(=O)OC(C)(C)C)C1. The number of esters is 1. The molecule has 0 radical (unpaired) electrons. The molecule has 2 atom stereocenters. The van der Waals surface area contributed by atoms with Crippen LogP contribution in [0, 0.1) is 5.92 Å². The van der Waals surface area contributed by atoms with Gasteiger partial charge in [-0.25, -0.2) is 4.79 Å². The van der Waals surface area contributed by atoms with Crippen LogP contribution in [0.2, 0.25) is 0 Å². The molecule has 116 valence electrons. The first-order chi connectivity index (χ1) is 9.23. The van der Waals surface area contributed by atoms with E-state index in [0.29, 0.717) is 19.5 Å². The number of carbonyl (C=O) groups is 2. The zero-order chi connectivity index (χ0) is 15.3. The highest BCUT2D eigenvalue weighted by Crippen LogP contribution is 2.22. The topological polar surface area (TPSA) is 81.9 Å². The van der Waals surface area contributed by atoms with Crippen LogP contribution in [-0.2, 0) is 14.3 Å². The lowest BCUT2D eigenvalue weighted by molar-refractivity contribution is -0.142. The summed E-state index contributed by atoms with van der Waals surface area (Å²) in [5.41, 5.74) is 5.28. The van der Waals surface area contributed by atoms with Crippen LogP contribution in [-0.4, -0.2) is 48.8 Å². The molecular weight excluding hydrogens is 260 g/mol. The van der Waals surface area contributed by atoms with Crippen molar-refractivity contribution in [3.05, 3.63) is 0 Å². The Bertz CT molecular complexity index is 352. The zero-order valence-corrected chi connectivity index (χ0v) is 12.8. The van der Waals surface area contributed by atoms with Gasteiger partial charge in [0.15, 0.2) is 0 Å². The first-order valence-electron chi connectivity index (χ1n) is 7.04. The Morgan fingerprint density at radius 1 is 1.40 bits per heavy atom. The number of piperidine rings is 1. The molecule has 1 unspecified atom stereocenters. The first kappa shape index (κ1) is 16.8. The fourth-order valence-corrected chi connectivity index (χ4v) is 2.36. The molecule has 1 fully saturated rings. The Labute approximate surface area is 120 Å². The van der Waals surface area contributed by atoms with Gasteiger partial charge in [0.2, 0.25) is 0 Å². The smallest absolute Gasteiger partial charge is 0.410 e. The lowest BCUT2D eigenvalue weighted by atomic mass is 9.92. The van der Waals surface area contributed by atoms with Gasteiger partial charge in [-0.3, -0.25) is 4.79 Å². The molecule has 0 aliphatic carbocycles. The third-order valence-corrected chi connectivity index (χ3v) is 3.26. The molecule has 2 N–H and O–H groups in total. The molecule has 1 saturated heterocycles. The normalized spacial score (nSPS) is 21.2. The first-order valence-corrected chi connectivity index (χ1v) is 7.04. The third kappa shape index (κ3) is 5.36. The molecule has 1 aliphatic heterocycles. The lowest BCUT2D eigenvalue weighted by Crippen LogP contribution is -2.45. The van der Waals surface area contributed by atoms with Crippen molar-refractivity contribution in [1.82, 2.24) is 4.90 Å². The minimum atomic E-state index is -0.622. The van der Waals surface area contributed by atoms with Crippen LogP contribution >= 0.6 is 0 Å². The van der Waals surface area contributed by atoms with Gasteiger partial charge < -0.3 is 20.1 Å². The van der Waals surface area contributed by atoms with E-state index in [2.05, 4.69) is 4.74 Å². The van der Waals surface area contributed by atoms with Crippen molar-refractivity contribution in [2.75, 3.05) is 20.2 Å². The van der Waals surface area contributed by atoms with Gasteiger partial charge in [-0.15, -0.1) is 0 Å². The summed E-state index contributed by atoms with van der Waals surface area (Å²) in [6, 6.07) is -0.622. The van der Waals surface area contributed by atoms with Gasteiger partial charge in [0.05, 0.1) is 7.11 Å². The molecule has 6 nitrogen and oxygen atoms in total. The molecular formula is C14H26N2O4. The lowest BCUT2D eigenvalue weighted by Gasteiger charge is -2.34. The summed E-state index contributed by atoms with van der Waals surface area (Å²) in [6.45, 7) is 6.82. The van der Waals surface area contributed by atoms with E-state index in [1.165, 1.54) is 7.11 Å². The van der Waals surface area contributed by atoms with E-state index < -0.39 is 17.6 Å². The highest BCUT2D eigenvalue weighted by Gasteiger charge is 2.29. The molecule has 20 heavy (non-hydrogen) atoms. The monoisotopic (exact) mass is 286 g/mol. The summed E-state index contributed by atoms with van der Waals surface area (Å²) in [7, 11) is 1.33. The van der Waals surface area contributed by atoms with E-state index >= 15 is 0 Å². The quantitative estimate of drug-likeness (QED) is 0.795. The highest BCUT2D eigenvalue weighted by molar-refractivity contribution is 5.75. The maximum atomic E-state index is 12.0. The van der Waals surface area contributed by atoms with Gasteiger partial charge in [0, 0.05) is 13.1 Å². The molecule has 1 amide bonds. The molecule has 1 aliphatic rings. The molecule has 0 aromatic heterocycles. The Kier molecular flexibility index (Phi) is 5.80. The summed E-state index contributed by atoms with van der Waals surface area (Å²) in [5.74, 6) is -0.190. The second-order valence-electron chi connectivity index (χ2n) is 6.30. The van der Waals surface area contributed by atoms with Crippen molar-refractivity contribution >= 4 is 12.1 Å². The van der Waals surface area contributed by atoms with Crippen LogP contribution in [0.1, 0.15) is 40.0 Å². The van der Waals surface area contributed by atoms with E-state index in [1.54, 1.807) is 4.90 Å². The standard InChI is InChI=1S/C14H26N2O4/c1-14(2,3)20-13(18)16-7-5-6-10(9-16)8-11(15)12(17)19-4/h10-11H,5-9,15H2,1-4H3/t10?,11-/m0/s1. The average Bonchev–Trinajstić information content (AvgIpc) is 2.36. The summed E-state index contributed by atoms with van der Waals surface area (Å²) >= 11 is 0. The van der Waals surface area contributed by atoms with Crippen LogP contribution in [0.3, 0.4) is 0 Å². The molecule has 0 aromatic carbocycles. The van der Waals surface area contributed by atoms with Crippen LogP contribution in [0.15, 0.2) is 0 Å². The fourth-order valence-electron chi connectivity index (χ4n) is 2.36. The Morgan fingerprint density at radius 3 is 2.60 bits per heavy atom. The molecule has 0 saturated carbocycles. The summed E-state index contributed by atoms with van der Waals surface area (Å²) in [4.78, 5) is 25.0. The van der Waals surface area contributed by atoms with Gasteiger partial charge in [-0.2, -0.15) is 0 Å².